The molecule has 1 aliphatic heterocycles. The molecule has 2 atom stereocenters. The fourth-order valence-electron chi connectivity index (χ4n) is 2.37. The molecule has 0 spiro atoms. The lowest BCUT2D eigenvalue weighted by Crippen LogP contribution is -2.55. The molecule has 2 rings (SSSR count). The summed E-state index contributed by atoms with van der Waals surface area (Å²) in [6.07, 6.45) is 2.65. The molecule has 1 aliphatic rings. The number of nitrogens with one attached hydrogen (secondary N) is 1. The number of aliphatic carboxylic acids is 1. The van der Waals surface area contributed by atoms with E-state index in [0.717, 1.165) is 19.4 Å². The van der Waals surface area contributed by atoms with E-state index in [1.165, 1.54) is 0 Å². The Balaban J connectivity index is 2.35. The summed E-state index contributed by atoms with van der Waals surface area (Å²) in [4.78, 5) is 11.4. The van der Waals surface area contributed by atoms with Crippen LogP contribution in [0.1, 0.15) is 24.8 Å². The van der Waals surface area contributed by atoms with E-state index < -0.39 is 17.6 Å². The van der Waals surface area contributed by atoms with E-state index in [1.54, 1.807) is 30.3 Å². The van der Waals surface area contributed by atoms with Crippen LogP contribution in [0.5, 0.6) is 0 Å². The number of hydrogen-bond donors (Lipinski definition) is 3. The van der Waals surface area contributed by atoms with Gasteiger partial charge in [-0.1, -0.05) is 36.8 Å². The Morgan fingerprint density at radius 2 is 2.00 bits per heavy atom. The molecule has 0 saturated carbocycles. The summed E-state index contributed by atoms with van der Waals surface area (Å²) in [5, 5.41) is 23.0. The maximum absolute atomic E-state index is 11.4. The van der Waals surface area contributed by atoms with Gasteiger partial charge in [0, 0.05) is 0 Å². The van der Waals surface area contributed by atoms with Gasteiger partial charge >= 0.3 is 5.97 Å². The van der Waals surface area contributed by atoms with Crippen LogP contribution in [0, 0.1) is 0 Å². The quantitative estimate of drug-likeness (QED) is 0.734. The smallest absolute Gasteiger partial charge is 0.342 e. The first-order valence-corrected chi connectivity index (χ1v) is 5.90. The molecule has 1 fully saturated rings. The highest BCUT2D eigenvalue weighted by Gasteiger charge is 2.45. The third-order valence-corrected chi connectivity index (χ3v) is 3.35. The summed E-state index contributed by atoms with van der Waals surface area (Å²) in [6.45, 7) is 0.757. The van der Waals surface area contributed by atoms with E-state index in [0.29, 0.717) is 12.0 Å². The molecule has 1 saturated heterocycles. The normalized spacial score (nSPS) is 23.9. The molecule has 3 N–H and O–H groups in total. The lowest BCUT2D eigenvalue weighted by Gasteiger charge is -2.36. The Morgan fingerprint density at radius 3 is 2.53 bits per heavy atom. The maximum atomic E-state index is 11.4. The first-order valence-electron chi connectivity index (χ1n) is 5.90. The van der Waals surface area contributed by atoms with Crippen LogP contribution in [0.15, 0.2) is 30.3 Å². The van der Waals surface area contributed by atoms with Crippen molar-refractivity contribution in [1.29, 1.82) is 0 Å². The number of carbonyl (C=O) groups is 1. The van der Waals surface area contributed by atoms with Crippen molar-refractivity contribution in [1.82, 2.24) is 5.32 Å². The summed E-state index contributed by atoms with van der Waals surface area (Å²) in [5.74, 6) is -1.19. The lowest BCUT2D eigenvalue weighted by molar-refractivity contribution is -0.164. The van der Waals surface area contributed by atoms with Crippen molar-refractivity contribution in [2.24, 2.45) is 0 Å². The predicted molar refractivity (Wildman–Crippen MR) is 63.6 cm³/mol. The topological polar surface area (TPSA) is 69.6 Å². The van der Waals surface area contributed by atoms with Crippen molar-refractivity contribution in [2.45, 2.75) is 30.9 Å². The highest BCUT2D eigenvalue weighted by atomic mass is 16.4. The van der Waals surface area contributed by atoms with Crippen LogP contribution in [0.2, 0.25) is 0 Å². The van der Waals surface area contributed by atoms with E-state index in [1.807, 2.05) is 0 Å². The Bertz CT molecular complexity index is 387. The molecule has 0 bridgehead atoms. The molecule has 17 heavy (non-hydrogen) atoms. The van der Waals surface area contributed by atoms with Gasteiger partial charge in [0.25, 0.3) is 0 Å². The van der Waals surface area contributed by atoms with Crippen LogP contribution in [0.4, 0.5) is 0 Å². The second-order valence-corrected chi connectivity index (χ2v) is 4.44. The van der Waals surface area contributed by atoms with E-state index in [4.69, 9.17) is 0 Å². The van der Waals surface area contributed by atoms with Gasteiger partial charge in [-0.25, -0.2) is 4.79 Å². The number of piperidine rings is 1. The monoisotopic (exact) mass is 235 g/mol. The number of hydrogen-bond acceptors (Lipinski definition) is 3. The Hall–Kier alpha value is -1.39. The SMILES string of the molecule is O=C(O)C(O)(c1ccccc1)[C@@H]1CCCCN1. The number of aliphatic hydroxyl groups is 1. The summed E-state index contributed by atoms with van der Waals surface area (Å²) in [6, 6.07) is 8.18. The minimum atomic E-state index is -1.83. The first-order chi connectivity index (χ1) is 8.15. The average Bonchev–Trinajstić information content (AvgIpc) is 2.39. The fraction of sp³-hybridized carbons (Fsp3) is 0.462. The van der Waals surface area contributed by atoms with Crippen LogP contribution in [-0.4, -0.2) is 28.8 Å². The predicted octanol–water partition coefficient (Wildman–Crippen LogP) is 1.10. The van der Waals surface area contributed by atoms with Gasteiger partial charge in [0.2, 0.25) is 5.60 Å². The number of carboxylic acid groups (broad SMARTS) is 1. The molecular weight excluding hydrogens is 218 g/mol. The molecular formula is C13H17NO3. The zero-order valence-electron chi connectivity index (χ0n) is 9.60. The van der Waals surface area contributed by atoms with Gasteiger partial charge in [-0.3, -0.25) is 0 Å². The van der Waals surface area contributed by atoms with E-state index >= 15 is 0 Å². The van der Waals surface area contributed by atoms with E-state index in [9.17, 15) is 15.0 Å². The zero-order chi connectivity index (χ0) is 12.3. The van der Waals surface area contributed by atoms with Crippen LogP contribution >= 0.6 is 0 Å². The molecule has 1 aromatic rings. The van der Waals surface area contributed by atoms with Gasteiger partial charge in [-0.2, -0.15) is 0 Å². The molecule has 0 aliphatic carbocycles. The third-order valence-electron chi connectivity index (χ3n) is 3.35. The molecule has 92 valence electrons. The zero-order valence-corrected chi connectivity index (χ0v) is 9.60. The van der Waals surface area contributed by atoms with Crippen molar-refractivity contribution < 1.29 is 15.0 Å². The molecule has 1 aromatic carbocycles. The Morgan fingerprint density at radius 1 is 1.29 bits per heavy atom. The average molecular weight is 235 g/mol. The molecule has 4 heteroatoms. The van der Waals surface area contributed by atoms with Crippen LogP contribution in [0.25, 0.3) is 0 Å². The summed E-state index contributed by atoms with van der Waals surface area (Å²) in [5.41, 5.74) is -1.39. The standard InChI is InChI=1S/C13H17NO3/c15-12(16)13(17,10-6-2-1-3-7-10)11-8-4-5-9-14-11/h1-3,6-7,11,14,17H,4-5,8-9H2,(H,15,16)/t11-,13?/m0/s1. The third kappa shape index (κ3) is 2.18. The fourth-order valence-corrected chi connectivity index (χ4v) is 2.37. The van der Waals surface area contributed by atoms with Gasteiger partial charge < -0.3 is 15.5 Å². The molecule has 1 unspecified atom stereocenters. The van der Waals surface area contributed by atoms with Crippen molar-refractivity contribution in [2.75, 3.05) is 6.54 Å². The van der Waals surface area contributed by atoms with Crippen LogP contribution in [0.3, 0.4) is 0 Å². The van der Waals surface area contributed by atoms with Gasteiger partial charge in [0.15, 0.2) is 0 Å². The minimum Gasteiger partial charge on any atom is -0.479 e. The van der Waals surface area contributed by atoms with Gasteiger partial charge in [-0.15, -0.1) is 0 Å². The van der Waals surface area contributed by atoms with E-state index in [2.05, 4.69) is 5.32 Å². The Labute approximate surface area is 100 Å². The highest BCUT2D eigenvalue weighted by molar-refractivity contribution is 5.80. The van der Waals surface area contributed by atoms with Crippen molar-refractivity contribution in [3.63, 3.8) is 0 Å². The Kier molecular flexibility index (Phi) is 3.45. The van der Waals surface area contributed by atoms with Crippen LogP contribution < -0.4 is 5.32 Å². The van der Waals surface area contributed by atoms with Crippen molar-refractivity contribution in [3.05, 3.63) is 35.9 Å². The molecule has 1 heterocycles. The van der Waals surface area contributed by atoms with Crippen molar-refractivity contribution >= 4 is 5.97 Å². The van der Waals surface area contributed by atoms with Crippen LogP contribution in [-0.2, 0) is 10.4 Å². The van der Waals surface area contributed by atoms with Gasteiger partial charge in [0.1, 0.15) is 0 Å². The minimum absolute atomic E-state index is 0.420. The molecule has 0 amide bonds. The maximum Gasteiger partial charge on any atom is 0.342 e. The number of rotatable bonds is 3. The largest absolute Gasteiger partial charge is 0.479 e. The van der Waals surface area contributed by atoms with Crippen molar-refractivity contribution in [3.8, 4) is 0 Å². The summed E-state index contributed by atoms with van der Waals surface area (Å²) < 4.78 is 0. The highest BCUT2D eigenvalue weighted by Crippen LogP contribution is 2.29. The molecule has 0 radical (unpaired) electrons. The van der Waals surface area contributed by atoms with E-state index in [-0.39, 0.29) is 0 Å². The van der Waals surface area contributed by atoms with Gasteiger partial charge in [-0.05, 0) is 24.9 Å². The van der Waals surface area contributed by atoms with Gasteiger partial charge in [0.05, 0.1) is 6.04 Å². The summed E-state index contributed by atoms with van der Waals surface area (Å²) in [7, 11) is 0. The molecule has 0 aromatic heterocycles. The summed E-state index contributed by atoms with van der Waals surface area (Å²) >= 11 is 0. The second kappa shape index (κ2) is 4.85. The number of benzene rings is 1. The molecule has 4 nitrogen and oxygen atoms in total. The number of carboxylic acids is 1. The second-order valence-electron chi connectivity index (χ2n) is 4.44. The lowest BCUT2D eigenvalue weighted by atomic mass is 9.82. The first kappa shape index (κ1) is 12.1.